The second-order valence-corrected chi connectivity index (χ2v) is 7.76. The Morgan fingerprint density at radius 2 is 1.23 bits per heavy atom. The standard InChI is InChI=1S/C25H25N/c1-18-10-12-20(13-11-18)24-17-15-22-9-5-8-21-14-16-23(26(24)25(21)22)19-6-3-2-4-7-19/h2-13,23-24H,14-17H2,1H3/t23-,24+/m0/s1. The maximum Gasteiger partial charge on any atom is 0.0552 e. The van der Waals surface area contributed by atoms with Crippen LogP contribution >= 0.6 is 0 Å². The number of hydrogen-bond acceptors (Lipinski definition) is 1. The number of nitrogens with zero attached hydrogens (tertiary/aromatic N) is 1. The first kappa shape index (κ1) is 15.7. The number of anilines is 1. The van der Waals surface area contributed by atoms with E-state index in [1.54, 1.807) is 0 Å². The van der Waals surface area contributed by atoms with Crippen LogP contribution in [0.25, 0.3) is 0 Å². The lowest BCUT2D eigenvalue weighted by Crippen LogP contribution is -2.40. The number of hydrogen-bond donors (Lipinski definition) is 0. The summed E-state index contributed by atoms with van der Waals surface area (Å²) in [5.41, 5.74) is 8.83. The summed E-state index contributed by atoms with van der Waals surface area (Å²) in [7, 11) is 0. The molecule has 130 valence electrons. The van der Waals surface area contributed by atoms with Crippen molar-refractivity contribution in [2.45, 2.75) is 44.7 Å². The van der Waals surface area contributed by atoms with E-state index in [9.17, 15) is 0 Å². The van der Waals surface area contributed by atoms with Crippen molar-refractivity contribution in [3.63, 3.8) is 0 Å². The van der Waals surface area contributed by atoms with E-state index >= 15 is 0 Å². The highest BCUT2D eigenvalue weighted by Gasteiger charge is 2.37. The Morgan fingerprint density at radius 3 is 1.85 bits per heavy atom. The summed E-state index contributed by atoms with van der Waals surface area (Å²) in [5.74, 6) is 0. The molecule has 0 saturated carbocycles. The molecule has 1 nitrogen and oxygen atoms in total. The van der Waals surface area contributed by atoms with E-state index in [1.807, 2.05) is 0 Å². The highest BCUT2D eigenvalue weighted by molar-refractivity contribution is 5.66. The fourth-order valence-corrected chi connectivity index (χ4v) is 4.89. The van der Waals surface area contributed by atoms with Gasteiger partial charge in [0.15, 0.2) is 0 Å². The van der Waals surface area contributed by atoms with E-state index in [0.29, 0.717) is 12.1 Å². The number of benzene rings is 3. The molecular weight excluding hydrogens is 314 g/mol. The van der Waals surface area contributed by atoms with Gasteiger partial charge < -0.3 is 4.90 Å². The summed E-state index contributed by atoms with van der Waals surface area (Å²) in [6.45, 7) is 2.17. The van der Waals surface area contributed by atoms with Crippen LogP contribution in [0.4, 0.5) is 5.69 Å². The van der Waals surface area contributed by atoms with Crippen molar-refractivity contribution in [1.82, 2.24) is 0 Å². The summed E-state index contributed by atoms with van der Waals surface area (Å²) in [6, 6.07) is 28.2. The molecule has 3 aromatic rings. The van der Waals surface area contributed by atoms with Gasteiger partial charge in [0.2, 0.25) is 0 Å². The van der Waals surface area contributed by atoms with Crippen LogP contribution < -0.4 is 4.90 Å². The van der Waals surface area contributed by atoms with Gasteiger partial charge in [0, 0.05) is 5.69 Å². The molecular formula is C25H25N. The predicted octanol–water partition coefficient (Wildman–Crippen LogP) is 6.18. The van der Waals surface area contributed by atoms with Gasteiger partial charge in [0.25, 0.3) is 0 Å². The summed E-state index contributed by atoms with van der Waals surface area (Å²) >= 11 is 0. The normalized spacial score (nSPS) is 21.3. The molecule has 0 saturated heterocycles. The minimum absolute atomic E-state index is 0.467. The van der Waals surface area contributed by atoms with Crippen LogP contribution in [0, 0.1) is 6.92 Å². The maximum atomic E-state index is 2.75. The lowest BCUT2D eigenvalue weighted by molar-refractivity contribution is 0.444. The molecule has 0 radical (unpaired) electrons. The highest BCUT2D eigenvalue weighted by atomic mass is 15.2. The van der Waals surface area contributed by atoms with Crippen molar-refractivity contribution >= 4 is 5.69 Å². The van der Waals surface area contributed by atoms with Crippen LogP contribution in [-0.2, 0) is 12.8 Å². The van der Waals surface area contributed by atoms with Crippen molar-refractivity contribution in [2.24, 2.45) is 0 Å². The van der Waals surface area contributed by atoms with Gasteiger partial charge in [0.1, 0.15) is 0 Å². The Hall–Kier alpha value is -2.54. The molecule has 1 heteroatoms. The second kappa shape index (κ2) is 6.32. The molecule has 0 fully saturated rings. The molecule has 2 heterocycles. The zero-order chi connectivity index (χ0) is 17.5. The van der Waals surface area contributed by atoms with Gasteiger partial charge in [0.05, 0.1) is 12.1 Å². The number of rotatable bonds is 2. The van der Waals surface area contributed by atoms with Crippen LogP contribution in [0.3, 0.4) is 0 Å². The summed E-state index contributed by atoms with van der Waals surface area (Å²) in [6.07, 6.45) is 4.76. The van der Waals surface area contributed by atoms with Gasteiger partial charge in [-0.1, -0.05) is 78.4 Å². The Labute approximate surface area is 156 Å². The Morgan fingerprint density at radius 1 is 0.654 bits per heavy atom. The predicted molar refractivity (Wildman–Crippen MR) is 109 cm³/mol. The van der Waals surface area contributed by atoms with Crippen LogP contribution in [0.1, 0.15) is 52.7 Å². The minimum atomic E-state index is 0.467. The van der Waals surface area contributed by atoms with E-state index in [-0.39, 0.29) is 0 Å². The highest BCUT2D eigenvalue weighted by Crippen LogP contribution is 2.49. The fraction of sp³-hybridized carbons (Fsp3) is 0.280. The fourth-order valence-electron chi connectivity index (χ4n) is 4.89. The second-order valence-electron chi connectivity index (χ2n) is 7.76. The monoisotopic (exact) mass is 339 g/mol. The lowest BCUT2D eigenvalue weighted by Gasteiger charge is -2.48. The van der Waals surface area contributed by atoms with Gasteiger partial charge in [-0.15, -0.1) is 0 Å². The zero-order valence-corrected chi connectivity index (χ0v) is 15.4. The molecule has 0 spiro atoms. The Kier molecular flexibility index (Phi) is 3.81. The van der Waals surface area contributed by atoms with E-state index in [1.165, 1.54) is 59.2 Å². The quantitative estimate of drug-likeness (QED) is 0.539. The van der Waals surface area contributed by atoms with Gasteiger partial charge in [-0.2, -0.15) is 0 Å². The van der Waals surface area contributed by atoms with Crippen molar-refractivity contribution in [3.05, 3.63) is 101 Å². The van der Waals surface area contributed by atoms with Gasteiger partial charge in [-0.05, 0) is 54.9 Å². The van der Waals surface area contributed by atoms with Crippen molar-refractivity contribution in [1.29, 1.82) is 0 Å². The van der Waals surface area contributed by atoms with Crippen molar-refractivity contribution < 1.29 is 0 Å². The molecule has 2 aliphatic rings. The molecule has 0 unspecified atom stereocenters. The number of aryl methyl sites for hydroxylation is 3. The first-order valence-electron chi connectivity index (χ1n) is 9.82. The molecule has 0 aliphatic carbocycles. The molecule has 3 aromatic carbocycles. The van der Waals surface area contributed by atoms with Crippen LogP contribution in [0.2, 0.25) is 0 Å². The molecule has 5 rings (SSSR count). The van der Waals surface area contributed by atoms with E-state index in [4.69, 9.17) is 0 Å². The van der Waals surface area contributed by atoms with E-state index in [0.717, 1.165) is 0 Å². The smallest absolute Gasteiger partial charge is 0.0552 e. The third-order valence-corrected chi connectivity index (χ3v) is 6.15. The number of para-hydroxylation sites is 1. The third-order valence-electron chi connectivity index (χ3n) is 6.15. The zero-order valence-electron chi connectivity index (χ0n) is 15.4. The molecule has 0 amide bonds. The molecule has 0 bridgehead atoms. The van der Waals surface area contributed by atoms with Crippen molar-refractivity contribution in [3.8, 4) is 0 Å². The van der Waals surface area contributed by atoms with Crippen molar-refractivity contribution in [2.75, 3.05) is 4.90 Å². The topological polar surface area (TPSA) is 3.24 Å². The maximum absolute atomic E-state index is 2.75. The molecule has 0 N–H and O–H groups in total. The Bertz CT molecular complexity index is 896. The first-order valence-corrected chi connectivity index (χ1v) is 9.82. The van der Waals surface area contributed by atoms with E-state index < -0.39 is 0 Å². The summed E-state index contributed by atoms with van der Waals surface area (Å²) in [4.78, 5) is 2.75. The summed E-state index contributed by atoms with van der Waals surface area (Å²) in [5, 5.41) is 0. The van der Waals surface area contributed by atoms with Gasteiger partial charge in [-0.25, -0.2) is 0 Å². The van der Waals surface area contributed by atoms with Gasteiger partial charge >= 0.3 is 0 Å². The molecule has 0 aromatic heterocycles. The Balaban J connectivity index is 1.66. The van der Waals surface area contributed by atoms with Crippen LogP contribution in [-0.4, -0.2) is 0 Å². The average molecular weight is 339 g/mol. The molecule has 26 heavy (non-hydrogen) atoms. The van der Waals surface area contributed by atoms with Gasteiger partial charge in [-0.3, -0.25) is 0 Å². The molecule has 2 atom stereocenters. The summed E-state index contributed by atoms with van der Waals surface area (Å²) < 4.78 is 0. The molecule has 2 aliphatic heterocycles. The van der Waals surface area contributed by atoms with E-state index in [2.05, 4.69) is 84.6 Å². The third kappa shape index (κ3) is 2.54. The minimum Gasteiger partial charge on any atom is -0.357 e. The average Bonchev–Trinajstić information content (AvgIpc) is 2.70. The van der Waals surface area contributed by atoms with Crippen LogP contribution in [0.5, 0.6) is 0 Å². The SMILES string of the molecule is Cc1ccc([C@H]2CCc3cccc4c3N2[C@H](c2ccccc2)CC4)cc1. The lowest BCUT2D eigenvalue weighted by atomic mass is 9.81. The largest absolute Gasteiger partial charge is 0.357 e. The van der Waals surface area contributed by atoms with Crippen LogP contribution in [0.15, 0.2) is 72.8 Å². The first-order chi connectivity index (χ1) is 12.8.